The van der Waals surface area contributed by atoms with Crippen molar-refractivity contribution in [2.24, 2.45) is 0 Å². The fourth-order valence-electron chi connectivity index (χ4n) is 4.69. The lowest BCUT2D eigenvalue weighted by molar-refractivity contribution is -0.870. The van der Waals surface area contributed by atoms with Gasteiger partial charge in [-0.3, -0.25) is 18.6 Å². The van der Waals surface area contributed by atoms with E-state index in [9.17, 15) is 19.0 Å². The van der Waals surface area contributed by atoms with E-state index in [0.29, 0.717) is 17.4 Å². The lowest BCUT2D eigenvalue weighted by Crippen LogP contribution is -2.37. The molecule has 0 radical (unpaired) electrons. The maximum Gasteiger partial charge on any atom is 0.472 e. The van der Waals surface area contributed by atoms with E-state index in [4.69, 9.17) is 18.5 Å². The highest BCUT2D eigenvalue weighted by Crippen LogP contribution is 2.43. The van der Waals surface area contributed by atoms with E-state index < -0.39 is 26.5 Å². The minimum absolute atomic E-state index is 0.0273. The summed E-state index contributed by atoms with van der Waals surface area (Å²) in [5.41, 5.74) is 0. The molecule has 0 saturated carbocycles. The molecular formula is C36H69NO8P+. The molecule has 2 atom stereocenters. The summed E-state index contributed by atoms with van der Waals surface area (Å²) in [4.78, 5) is 34.9. The Labute approximate surface area is 281 Å². The highest BCUT2D eigenvalue weighted by Gasteiger charge is 2.27. The van der Waals surface area contributed by atoms with Gasteiger partial charge in [0.05, 0.1) is 27.7 Å². The number of allylic oxidation sites excluding steroid dienone is 3. The van der Waals surface area contributed by atoms with Gasteiger partial charge in [-0.05, 0) is 51.4 Å². The number of phosphoric acid groups is 1. The van der Waals surface area contributed by atoms with Crippen molar-refractivity contribution in [1.29, 1.82) is 0 Å². The molecule has 270 valence electrons. The van der Waals surface area contributed by atoms with Crippen LogP contribution in [0.3, 0.4) is 0 Å². The van der Waals surface area contributed by atoms with Gasteiger partial charge in [0, 0.05) is 12.8 Å². The van der Waals surface area contributed by atoms with Gasteiger partial charge >= 0.3 is 19.8 Å². The van der Waals surface area contributed by atoms with Gasteiger partial charge in [-0.15, -0.1) is 6.58 Å². The van der Waals surface area contributed by atoms with E-state index in [1.807, 2.05) is 27.2 Å². The lowest BCUT2D eigenvalue weighted by Gasteiger charge is -2.24. The van der Waals surface area contributed by atoms with Crippen molar-refractivity contribution in [3.8, 4) is 0 Å². The van der Waals surface area contributed by atoms with Crippen LogP contribution in [0.2, 0.25) is 0 Å². The minimum Gasteiger partial charge on any atom is -0.462 e. The van der Waals surface area contributed by atoms with Gasteiger partial charge in [0.25, 0.3) is 0 Å². The minimum atomic E-state index is -4.36. The van der Waals surface area contributed by atoms with Crippen molar-refractivity contribution in [3.63, 3.8) is 0 Å². The van der Waals surface area contributed by atoms with Crippen LogP contribution in [0.15, 0.2) is 24.8 Å². The van der Waals surface area contributed by atoms with Crippen LogP contribution in [0.5, 0.6) is 0 Å². The Bertz CT molecular complexity index is 842. The summed E-state index contributed by atoms with van der Waals surface area (Å²) < 4.78 is 33.9. The second kappa shape index (κ2) is 29.6. The second-order valence-electron chi connectivity index (χ2n) is 13.3. The third kappa shape index (κ3) is 32.4. The normalized spacial score (nSPS) is 13.8. The van der Waals surface area contributed by atoms with Gasteiger partial charge in [-0.25, -0.2) is 4.57 Å². The van der Waals surface area contributed by atoms with Crippen LogP contribution in [0.1, 0.15) is 142 Å². The van der Waals surface area contributed by atoms with Crippen LogP contribution in [0, 0.1) is 0 Å². The molecule has 0 aliphatic heterocycles. The summed E-state index contributed by atoms with van der Waals surface area (Å²) in [7, 11) is 1.46. The summed E-state index contributed by atoms with van der Waals surface area (Å²) in [5, 5.41) is 0. The third-order valence-electron chi connectivity index (χ3n) is 7.60. The van der Waals surface area contributed by atoms with Crippen LogP contribution in [0.25, 0.3) is 0 Å². The number of ether oxygens (including phenoxy) is 2. The maximum absolute atomic E-state index is 12.5. The molecule has 0 aromatic rings. The number of quaternary nitrogens is 1. The van der Waals surface area contributed by atoms with Crippen molar-refractivity contribution in [1.82, 2.24) is 0 Å². The molecule has 0 amide bonds. The molecule has 0 aromatic heterocycles. The number of carbonyl (C=O) groups excluding carboxylic acids is 2. The van der Waals surface area contributed by atoms with Gasteiger partial charge < -0.3 is 18.9 Å². The number of phosphoric ester groups is 1. The molecule has 0 aromatic carbocycles. The summed E-state index contributed by atoms with van der Waals surface area (Å²) in [6.07, 6.45) is 27.1. The molecule has 1 N–H and O–H groups in total. The number of hydrogen-bond acceptors (Lipinski definition) is 7. The summed E-state index contributed by atoms with van der Waals surface area (Å²) >= 11 is 0. The monoisotopic (exact) mass is 674 g/mol. The van der Waals surface area contributed by atoms with E-state index in [1.165, 1.54) is 44.9 Å². The topological polar surface area (TPSA) is 108 Å². The van der Waals surface area contributed by atoms with Gasteiger partial charge in [-0.1, -0.05) is 95.8 Å². The SMILES string of the molecule is C=CCCCCCCCC(=O)O[C@H](COC(=O)CCCCCCC/C=C/CCCCCCCC)COP(=O)(O)OCC[N+](C)(C)C. The van der Waals surface area contributed by atoms with Gasteiger partial charge in [0.15, 0.2) is 6.10 Å². The predicted molar refractivity (Wildman–Crippen MR) is 187 cm³/mol. The molecule has 0 aliphatic carbocycles. The van der Waals surface area contributed by atoms with Crippen molar-refractivity contribution >= 4 is 19.8 Å². The Morgan fingerprint density at radius 3 is 1.76 bits per heavy atom. The number of esters is 2. The Morgan fingerprint density at radius 2 is 1.22 bits per heavy atom. The van der Waals surface area contributed by atoms with E-state index in [0.717, 1.165) is 70.6 Å². The van der Waals surface area contributed by atoms with E-state index in [2.05, 4.69) is 25.7 Å². The molecular weight excluding hydrogens is 605 g/mol. The first-order valence-corrected chi connectivity index (χ1v) is 19.5. The third-order valence-corrected chi connectivity index (χ3v) is 8.58. The largest absolute Gasteiger partial charge is 0.472 e. The van der Waals surface area contributed by atoms with E-state index in [1.54, 1.807) is 0 Å². The molecule has 9 nitrogen and oxygen atoms in total. The zero-order valence-corrected chi connectivity index (χ0v) is 30.8. The first-order valence-electron chi connectivity index (χ1n) is 18.0. The summed E-state index contributed by atoms with van der Waals surface area (Å²) in [6.45, 7) is 5.86. The zero-order valence-electron chi connectivity index (χ0n) is 29.9. The van der Waals surface area contributed by atoms with Crippen LogP contribution < -0.4 is 0 Å². The standard InChI is InChI=1S/C36H68NO8P/c1-6-8-10-12-14-15-16-17-18-19-20-21-23-24-26-28-35(38)42-32-34(33-44-46(40,41)43-31-30-37(3,4)5)45-36(39)29-27-25-22-13-11-9-7-2/h7,17-18,34H,2,6,8-16,19-33H2,1,3-5H3/p+1/b18-17+/t34-/m1/s1. The predicted octanol–water partition coefficient (Wildman–Crippen LogP) is 9.24. The average molecular weight is 675 g/mol. The molecule has 0 fully saturated rings. The number of likely N-dealkylation sites (N-methyl/N-ethyl adjacent to an activating group) is 1. The van der Waals surface area contributed by atoms with Gasteiger partial charge in [0.1, 0.15) is 19.8 Å². The van der Waals surface area contributed by atoms with Gasteiger partial charge in [0.2, 0.25) is 0 Å². The fraction of sp³-hybridized carbons (Fsp3) is 0.833. The molecule has 10 heteroatoms. The highest BCUT2D eigenvalue weighted by atomic mass is 31.2. The first-order chi connectivity index (χ1) is 22.0. The van der Waals surface area contributed by atoms with Gasteiger partial charge in [-0.2, -0.15) is 0 Å². The molecule has 0 bridgehead atoms. The lowest BCUT2D eigenvalue weighted by atomic mass is 10.1. The quantitative estimate of drug-likeness (QED) is 0.0241. The van der Waals surface area contributed by atoms with E-state index >= 15 is 0 Å². The van der Waals surface area contributed by atoms with Crippen molar-refractivity contribution in [3.05, 3.63) is 24.8 Å². The number of nitrogens with zero attached hydrogens (tertiary/aromatic N) is 1. The zero-order chi connectivity index (χ0) is 34.4. The Balaban J connectivity index is 4.37. The second-order valence-corrected chi connectivity index (χ2v) is 14.8. The van der Waals surface area contributed by atoms with Crippen molar-refractivity contribution < 1.29 is 42.1 Å². The smallest absolute Gasteiger partial charge is 0.462 e. The molecule has 1 unspecified atom stereocenters. The van der Waals surface area contributed by atoms with Crippen LogP contribution in [0.4, 0.5) is 0 Å². The highest BCUT2D eigenvalue weighted by molar-refractivity contribution is 7.47. The van der Waals surface area contributed by atoms with Crippen LogP contribution in [-0.2, 0) is 32.7 Å². The Kier molecular flexibility index (Phi) is 28.6. The summed E-state index contributed by atoms with van der Waals surface area (Å²) in [5.74, 6) is -0.837. The number of carbonyl (C=O) groups is 2. The molecule has 0 saturated heterocycles. The Morgan fingerprint density at radius 1 is 0.717 bits per heavy atom. The molecule has 0 aliphatic rings. The van der Waals surface area contributed by atoms with E-state index in [-0.39, 0.29) is 32.0 Å². The first kappa shape index (κ1) is 44.5. The van der Waals surface area contributed by atoms with Crippen LogP contribution in [-0.4, -0.2) is 74.9 Å². The molecule has 0 heterocycles. The average Bonchev–Trinajstić information content (AvgIpc) is 2.99. The molecule has 0 spiro atoms. The van der Waals surface area contributed by atoms with Crippen molar-refractivity contribution in [2.75, 3.05) is 47.5 Å². The summed E-state index contributed by atoms with van der Waals surface area (Å²) in [6, 6.07) is 0. The molecule has 0 rings (SSSR count). The Hall–Kier alpha value is -1.51. The maximum atomic E-state index is 12.5. The number of unbranched alkanes of at least 4 members (excludes halogenated alkanes) is 16. The van der Waals surface area contributed by atoms with Crippen molar-refractivity contribution in [2.45, 2.75) is 148 Å². The number of hydrogen-bond donors (Lipinski definition) is 1. The molecule has 46 heavy (non-hydrogen) atoms. The number of rotatable bonds is 33. The fourth-order valence-corrected chi connectivity index (χ4v) is 5.43. The van der Waals surface area contributed by atoms with Crippen LogP contribution >= 0.6 is 7.82 Å².